The molecule has 1 saturated heterocycles. The smallest absolute Gasteiger partial charge is 0.255 e. The molecule has 106 valence electrons. The largest absolute Gasteiger partial charge is 0.363 e. The molecule has 0 aliphatic carbocycles. The first-order chi connectivity index (χ1) is 8.90. The molecule has 0 aromatic carbocycles. The van der Waals surface area contributed by atoms with E-state index in [2.05, 4.69) is 15.3 Å². The molecule has 1 aromatic heterocycles. The van der Waals surface area contributed by atoms with Gasteiger partial charge in [-0.1, -0.05) is 0 Å². The van der Waals surface area contributed by atoms with Crippen LogP contribution in [0.2, 0.25) is 0 Å². The Labute approximate surface area is 118 Å². The van der Waals surface area contributed by atoms with Gasteiger partial charge in [0.15, 0.2) is 5.60 Å². The molecule has 1 aliphatic heterocycles. The third-order valence-electron chi connectivity index (χ3n) is 3.26. The van der Waals surface area contributed by atoms with E-state index in [1.54, 1.807) is 30.3 Å². The van der Waals surface area contributed by atoms with Gasteiger partial charge in [0.25, 0.3) is 5.91 Å². The van der Waals surface area contributed by atoms with Crippen LogP contribution in [0.4, 0.5) is 0 Å². The third-order valence-corrected chi connectivity index (χ3v) is 4.09. The first-order valence-corrected chi connectivity index (χ1v) is 7.28. The SMILES string of the molecule is Cc1nc(CN2CCO[C@@](C)(C(=O)N(C)C)C2)cs1. The maximum Gasteiger partial charge on any atom is 0.255 e. The number of hydrogen-bond acceptors (Lipinski definition) is 5. The van der Waals surface area contributed by atoms with E-state index >= 15 is 0 Å². The van der Waals surface area contributed by atoms with Crippen LogP contribution in [0.15, 0.2) is 5.38 Å². The van der Waals surface area contributed by atoms with Crippen molar-refractivity contribution in [1.82, 2.24) is 14.8 Å². The highest BCUT2D eigenvalue weighted by Gasteiger charge is 2.40. The lowest BCUT2D eigenvalue weighted by Gasteiger charge is -2.40. The summed E-state index contributed by atoms with van der Waals surface area (Å²) in [6.07, 6.45) is 0. The standard InChI is InChI=1S/C13H21N3O2S/c1-10-14-11(8-19-10)7-16-5-6-18-13(2,9-16)12(17)15(3)4/h8H,5-7,9H2,1-4H3/t13-/m1/s1. The zero-order valence-corrected chi connectivity index (χ0v) is 12.8. The summed E-state index contributed by atoms with van der Waals surface area (Å²) < 4.78 is 5.71. The number of aryl methyl sites for hydroxylation is 1. The van der Waals surface area contributed by atoms with Crippen LogP contribution in [0.1, 0.15) is 17.6 Å². The molecule has 0 N–H and O–H groups in total. The van der Waals surface area contributed by atoms with Gasteiger partial charge in [-0.3, -0.25) is 9.69 Å². The number of aromatic nitrogens is 1. The molecular formula is C13H21N3O2S. The molecule has 0 bridgehead atoms. The van der Waals surface area contributed by atoms with Crippen molar-refractivity contribution in [3.8, 4) is 0 Å². The van der Waals surface area contributed by atoms with Crippen LogP contribution in [0.5, 0.6) is 0 Å². The molecule has 0 spiro atoms. The lowest BCUT2D eigenvalue weighted by Crippen LogP contribution is -2.57. The Morgan fingerprint density at radius 3 is 2.95 bits per heavy atom. The summed E-state index contributed by atoms with van der Waals surface area (Å²) in [4.78, 5) is 20.5. The van der Waals surface area contributed by atoms with Crippen LogP contribution < -0.4 is 0 Å². The predicted molar refractivity (Wildman–Crippen MR) is 75.2 cm³/mol. The van der Waals surface area contributed by atoms with E-state index in [-0.39, 0.29) is 5.91 Å². The van der Waals surface area contributed by atoms with Crippen molar-refractivity contribution in [2.24, 2.45) is 0 Å². The van der Waals surface area contributed by atoms with Crippen molar-refractivity contribution < 1.29 is 9.53 Å². The molecular weight excluding hydrogens is 262 g/mol. The van der Waals surface area contributed by atoms with Crippen molar-refractivity contribution in [2.45, 2.75) is 26.0 Å². The molecule has 0 unspecified atom stereocenters. The van der Waals surface area contributed by atoms with Crippen LogP contribution >= 0.6 is 11.3 Å². The van der Waals surface area contributed by atoms with E-state index in [0.717, 1.165) is 23.8 Å². The average molecular weight is 283 g/mol. The molecule has 2 rings (SSSR count). The van der Waals surface area contributed by atoms with Gasteiger partial charge in [-0.15, -0.1) is 11.3 Å². The van der Waals surface area contributed by atoms with Gasteiger partial charge in [-0.05, 0) is 13.8 Å². The Kier molecular flexibility index (Phi) is 4.23. The zero-order valence-electron chi connectivity index (χ0n) is 12.0. The van der Waals surface area contributed by atoms with Gasteiger partial charge >= 0.3 is 0 Å². The van der Waals surface area contributed by atoms with Gasteiger partial charge < -0.3 is 9.64 Å². The number of amides is 1. The van der Waals surface area contributed by atoms with Crippen LogP contribution in [0.3, 0.4) is 0 Å². The summed E-state index contributed by atoms with van der Waals surface area (Å²) in [5, 5.41) is 3.16. The third kappa shape index (κ3) is 3.32. The number of carbonyl (C=O) groups is 1. The highest BCUT2D eigenvalue weighted by molar-refractivity contribution is 7.09. The summed E-state index contributed by atoms with van der Waals surface area (Å²) in [5.41, 5.74) is 0.330. The van der Waals surface area contributed by atoms with Crippen LogP contribution in [-0.2, 0) is 16.1 Å². The second-order valence-corrected chi connectivity index (χ2v) is 6.41. The van der Waals surface area contributed by atoms with Crippen molar-refractivity contribution in [3.05, 3.63) is 16.1 Å². The zero-order chi connectivity index (χ0) is 14.0. The molecule has 2 heterocycles. The predicted octanol–water partition coefficient (Wildman–Crippen LogP) is 1.13. The monoisotopic (exact) mass is 283 g/mol. The van der Waals surface area contributed by atoms with E-state index in [1.165, 1.54) is 0 Å². The Morgan fingerprint density at radius 2 is 2.37 bits per heavy atom. The molecule has 0 radical (unpaired) electrons. The average Bonchev–Trinajstić information content (AvgIpc) is 2.73. The fourth-order valence-electron chi connectivity index (χ4n) is 2.40. The molecule has 0 saturated carbocycles. The van der Waals surface area contributed by atoms with Crippen molar-refractivity contribution in [3.63, 3.8) is 0 Å². The minimum absolute atomic E-state index is 0.0201. The fourth-order valence-corrected chi connectivity index (χ4v) is 3.00. The number of likely N-dealkylation sites (N-methyl/N-ethyl adjacent to an activating group) is 1. The number of nitrogens with zero attached hydrogens (tertiary/aromatic N) is 3. The first-order valence-electron chi connectivity index (χ1n) is 6.40. The quantitative estimate of drug-likeness (QED) is 0.834. The van der Waals surface area contributed by atoms with Gasteiger partial charge in [0.05, 0.1) is 17.3 Å². The van der Waals surface area contributed by atoms with Crippen molar-refractivity contribution >= 4 is 17.2 Å². The van der Waals surface area contributed by atoms with E-state index in [9.17, 15) is 4.79 Å². The topological polar surface area (TPSA) is 45.7 Å². The molecule has 5 nitrogen and oxygen atoms in total. The minimum atomic E-state index is -0.743. The maximum atomic E-state index is 12.2. The minimum Gasteiger partial charge on any atom is -0.363 e. The number of morpholine rings is 1. The van der Waals surface area contributed by atoms with Crippen LogP contribution in [0.25, 0.3) is 0 Å². The van der Waals surface area contributed by atoms with Crippen molar-refractivity contribution in [2.75, 3.05) is 33.8 Å². The molecule has 6 heteroatoms. The Bertz CT molecular complexity index is 460. The second-order valence-electron chi connectivity index (χ2n) is 5.35. The molecule has 1 fully saturated rings. The highest BCUT2D eigenvalue weighted by Crippen LogP contribution is 2.21. The molecule has 1 amide bonds. The number of carbonyl (C=O) groups excluding carboxylic acids is 1. The summed E-state index contributed by atoms with van der Waals surface area (Å²) >= 11 is 1.66. The number of ether oxygens (including phenoxy) is 1. The van der Waals surface area contributed by atoms with Crippen LogP contribution in [-0.4, -0.2) is 60.1 Å². The maximum absolute atomic E-state index is 12.2. The van der Waals surface area contributed by atoms with E-state index in [0.29, 0.717) is 13.2 Å². The fraction of sp³-hybridized carbons (Fsp3) is 0.692. The lowest BCUT2D eigenvalue weighted by atomic mass is 10.0. The van der Waals surface area contributed by atoms with E-state index in [1.807, 2.05) is 13.8 Å². The summed E-state index contributed by atoms with van der Waals surface area (Å²) in [7, 11) is 3.53. The van der Waals surface area contributed by atoms with E-state index < -0.39 is 5.60 Å². The number of thiazole rings is 1. The van der Waals surface area contributed by atoms with Gasteiger partial charge in [-0.25, -0.2) is 4.98 Å². The van der Waals surface area contributed by atoms with Gasteiger partial charge in [0, 0.05) is 39.1 Å². The molecule has 1 atom stereocenters. The number of rotatable bonds is 3. The Morgan fingerprint density at radius 1 is 1.63 bits per heavy atom. The normalized spacial score (nSPS) is 24.4. The van der Waals surface area contributed by atoms with Gasteiger partial charge in [-0.2, -0.15) is 0 Å². The highest BCUT2D eigenvalue weighted by atomic mass is 32.1. The number of hydrogen-bond donors (Lipinski definition) is 0. The lowest BCUT2D eigenvalue weighted by molar-refractivity contribution is -0.165. The van der Waals surface area contributed by atoms with Crippen molar-refractivity contribution in [1.29, 1.82) is 0 Å². The molecule has 1 aliphatic rings. The van der Waals surface area contributed by atoms with E-state index in [4.69, 9.17) is 4.74 Å². The summed E-state index contributed by atoms with van der Waals surface area (Å²) in [5.74, 6) is 0.0201. The Balaban J connectivity index is 2.02. The molecule has 1 aromatic rings. The second kappa shape index (κ2) is 5.56. The van der Waals surface area contributed by atoms with Crippen LogP contribution in [0, 0.1) is 6.92 Å². The Hall–Kier alpha value is -0.980. The molecule has 19 heavy (non-hydrogen) atoms. The summed E-state index contributed by atoms with van der Waals surface area (Å²) in [6, 6.07) is 0. The summed E-state index contributed by atoms with van der Waals surface area (Å²) in [6.45, 7) is 6.69. The first kappa shape index (κ1) is 14.4. The van der Waals surface area contributed by atoms with Gasteiger partial charge in [0.1, 0.15) is 0 Å². The van der Waals surface area contributed by atoms with Gasteiger partial charge in [0.2, 0.25) is 0 Å².